The summed E-state index contributed by atoms with van der Waals surface area (Å²) in [4.78, 5) is 2.37. The summed E-state index contributed by atoms with van der Waals surface area (Å²) >= 11 is 0.529. The van der Waals surface area contributed by atoms with Crippen molar-refractivity contribution in [2.75, 3.05) is 0 Å². The molecule has 0 spiro atoms. The van der Waals surface area contributed by atoms with E-state index in [9.17, 15) is 0 Å². The summed E-state index contributed by atoms with van der Waals surface area (Å²) in [5.41, 5.74) is 2.43. The second-order valence-corrected chi connectivity index (χ2v) is 11.2. The van der Waals surface area contributed by atoms with Gasteiger partial charge in [-0.3, -0.25) is 0 Å². The molecule has 1 aromatic carbocycles. The second kappa shape index (κ2) is 4.80. The molecule has 0 unspecified atom stereocenters. The molecule has 0 N–H and O–H groups in total. The molecular formula is C11H16SeSi. The van der Waals surface area contributed by atoms with Gasteiger partial charge in [0.25, 0.3) is 0 Å². The van der Waals surface area contributed by atoms with Crippen LogP contribution in [0.1, 0.15) is 0 Å². The fourth-order valence-electron chi connectivity index (χ4n) is 0.816. The molecule has 0 amide bonds. The van der Waals surface area contributed by atoms with Gasteiger partial charge in [0, 0.05) is 0 Å². The first-order valence-electron chi connectivity index (χ1n) is 4.47. The zero-order valence-corrected chi connectivity index (χ0v) is 11.2. The average Bonchev–Trinajstić information content (AvgIpc) is 2.04. The Morgan fingerprint density at radius 1 is 1.08 bits per heavy atom. The second-order valence-electron chi connectivity index (χ2n) is 4.10. The topological polar surface area (TPSA) is 0 Å². The summed E-state index contributed by atoms with van der Waals surface area (Å²) in [6.45, 7) is 7.10. The number of benzene rings is 1. The minimum absolute atomic E-state index is 0.529. The molecule has 0 fully saturated rings. The zero-order valence-electron chi connectivity index (χ0n) is 8.45. The molecule has 13 heavy (non-hydrogen) atoms. The van der Waals surface area contributed by atoms with Crippen LogP contribution in [0.25, 0.3) is 0 Å². The van der Waals surface area contributed by atoms with Crippen molar-refractivity contribution in [1.82, 2.24) is 0 Å². The van der Waals surface area contributed by atoms with Gasteiger partial charge >= 0.3 is 88.1 Å². The fourth-order valence-corrected chi connectivity index (χ4v) is 5.28. The van der Waals surface area contributed by atoms with E-state index in [2.05, 4.69) is 60.6 Å². The Bertz CT molecular complexity index is 272. The molecule has 1 rings (SSSR count). The summed E-state index contributed by atoms with van der Waals surface area (Å²) in [5.74, 6) is 0. The third kappa shape index (κ3) is 5.09. The first-order chi connectivity index (χ1) is 6.08. The Balaban J connectivity index is 2.49. The molecule has 2 heteroatoms. The molecule has 0 atom stereocenters. The Morgan fingerprint density at radius 3 is 2.23 bits per heavy atom. The quantitative estimate of drug-likeness (QED) is 0.728. The maximum atomic E-state index is 2.43. The monoisotopic (exact) mass is 256 g/mol. The summed E-state index contributed by atoms with van der Waals surface area (Å²) in [6.07, 6.45) is 0. The van der Waals surface area contributed by atoms with Crippen molar-refractivity contribution < 1.29 is 0 Å². The van der Waals surface area contributed by atoms with Crippen molar-refractivity contribution in [3.8, 4) is 0 Å². The van der Waals surface area contributed by atoms with E-state index in [1.165, 1.54) is 4.46 Å². The van der Waals surface area contributed by atoms with E-state index in [1.54, 1.807) is 0 Å². The number of rotatable bonds is 3. The summed E-state index contributed by atoms with van der Waals surface area (Å²) in [7, 11) is -0.976. The Hall–Kier alpha value is -0.304. The van der Waals surface area contributed by atoms with Gasteiger partial charge in [-0.2, -0.15) is 0 Å². The summed E-state index contributed by atoms with van der Waals surface area (Å²) in [6, 6.07) is 10.7. The van der Waals surface area contributed by atoms with Gasteiger partial charge in [0.05, 0.1) is 0 Å². The van der Waals surface area contributed by atoms with E-state index in [0.717, 1.165) is 0 Å². The van der Waals surface area contributed by atoms with Crippen LogP contribution in [0.15, 0.2) is 41.0 Å². The maximum absolute atomic E-state index is 2.43. The summed E-state index contributed by atoms with van der Waals surface area (Å²) < 4.78 is 1.46. The van der Waals surface area contributed by atoms with Crippen LogP contribution in [0, 0.1) is 0 Å². The molecule has 0 saturated carbocycles. The van der Waals surface area contributed by atoms with E-state index in [0.29, 0.717) is 15.0 Å². The van der Waals surface area contributed by atoms with E-state index in [4.69, 9.17) is 0 Å². The van der Waals surface area contributed by atoms with Gasteiger partial charge in [-0.1, -0.05) is 0 Å². The third-order valence-corrected chi connectivity index (χ3v) is 4.94. The Morgan fingerprint density at radius 2 is 1.69 bits per heavy atom. The van der Waals surface area contributed by atoms with Gasteiger partial charge < -0.3 is 0 Å². The first-order valence-corrected chi connectivity index (χ1v) is 9.90. The van der Waals surface area contributed by atoms with Crippen LogP contribution in [-0.4, -0.2) is 23.0 Å². The van der Waals surface area contributed by atoms with Gasteiger partial charge in [0.15, 0.2) is 0 Å². The first kappa shape index (κ1) is 10.8. The number of hydrogen-bond acceptors (Lipinski definition) is 0. The minimum atomic E-state index is -0.976. The Labute approximate surface area is 88.2 Å². The molecule has 0 aliphatic rings. The van der Waals surface area contributed by atoms with Crippen molar-refractivity contribution >= 4 is 27.5 Å². The summed E-state index contributed by atoms with van der Waals surface area (Å²) in [5, 5.41) is 0. The normalized spacial score (nSPS) is 12.2. The molecule has 1 aromatic rings. The molecule has 0 bridgehead atoms. The number of hydrogen-bond donors (Lipinski definition) is 0. The zero-order chi connectivity index (χ0) is 9.73. The molecule has 0 aliphatic heterocycles. The van der Waals surface area contributed by atoms with Crippen LogP contribution in [0.4, 0.5) is 0 Å². The molecule has 0 nitrogen and oxygen atoms in total. The predicted molar refractivity (Wildman–Crippen MR) is 64.3 cm³/mol. The van der Waals surface area contributed by atoms with Crippen LogP contribution in [0.5, 0.6) is 0 Å². The van der Waals surface area contributed by atoms with Crippen LogP contribution in [0.3, 0.4) is 0 Å². The third-order valence-electron chi connectivity index (χ3n) is 1.52. The fraction of sp³-hybridized carbons (Fsp3) is 0.273. The van der Waals surface area contributed by atoms with Gasteiger partial charge in [0.2, 0.25) is 0 Å². The molecule has 0 saturated heterocycles. The van der Waals surface area contributed by atoms with Gasteiger partial charge in [0.1, 0.15) is 0 Å². The van der Waals surface area contributed by atoms with E-state index >= 15 is 0 Å². The predicted octanol–water partition coefficient (Wildman–Crippen LogP) is 2.41. The van der Waals surface area contributed by atoms with Crippen LogP contribution in [0.2, 0.25) is 19.6 Å². The van der Waals surface area contributed by atoms with Crippen molar-refractivity contribution in [2.24, 2.45) is 0 Å². The molecule has 0 heterocycles. The Kier molecular flexibility index (Phi) is 3.98. The van der Waals surface area contributed by atoms with Gasteiger partial charge in [-0.25, -0.2) is 0 Å². The molecule has 70 valence electrons. The van der Waals surface area contributed by atoms with Crippen molar-refractivity contribution in [2.45, 2.75) is 19.6 Å². The van der Waals surface area contributed by atoms with Gasteiger partial charge in [-0.05, 0) is 0 Å². The van der Waals surface area contributed by atoms with E-state index < -0.39 is 8.07 Å². The van der Waals surface area contributed by atoms with E-state index in [-0.39, 0.29) is 0 Å². The molecule has 0 aliphatic carbocycles. The molecule has 0 aromatic heterocycles. The molecule has 0 radical (unpaired) electrons. The van der Waals surface area contributed by atoms with Crippen LogP contribution in [-0.2, 0) is 0 Å². The van der Waals surface area contributed by atoms with Crippen LogP contribution >= 0.6 is 0 Å². The average molecular weight is 255 g/mol. The standard InChI is InChI=1S/C11H16SeSi/c1-13(2,3)10-9-12-11-7-5-4-6-8-11/h4-10H,1-3H3/b10-9-. The van der Waals surface area contributed by atoms with Crippen molar-refractivity contribution in [3.63, 3.8) is 0 Å². The van der Waals surface area contributed by atoms with Crippen LogP contribution < -0.4 is 4.46 Å². The van der Waals surface area contributed by atoms with Crippen molar-refractivity contribution in [3.05, 3.63) is 41.0 Å². The van der Waals surface area contributed by atoms with Gasteiger partial charge in [-0.15, -0.1) is 0 Å². The SMILES string of the molecule is C[Si](C)(C)/C=C\[Se]c1ccccc1. The molecular weight excluding hydrogens is 239 g/mol. The van der Waals surface area contributed by atoms with Crippen molar-refractivity contribution in [1.29, 1.82) is 0 Å². The van der Waals surface area contributed by atoms with E-state index in [1.807, 2.05) is 0 Å².